The Balaban J connectivity index is 2.13. The molecule has 0 amide bonds. The van der Waals surface area contributed by atoms with E-state index in [0.29, 0.717) is 5.92 Å². The van der Waals surface area contributed by atoms with Crippen LogP contribution in [0.25, 0.3) is 11.1 Å². The number of rotatable bonds is 4. The van der Waals surface area contributed by atoms with E-state index in [1.807, 2.05) is 0 Å². The predicted molar refractivity (Wildman–Crippen MR) is 95.5 cm³/mol. The van der Waals surface area contributed by atoms with Crippen molar-refractivity contribution < 1.29 is 9.50 Å². The SMILES string of the molecule is CC(C)c1nc(C2CCCCC2)cc(-c2ccc(F)cc2)c1CO. The average Bonchev–Trinajstić information content (AvgIpc) is 2.62. The fourth-order valence-electron chi connectivity index (χ4n) is 3.75. The lowest BCUT2D eigenvalue weighted by Gasteiger charge is -2.24. The fourth-order valence-corrected chi connectivity index (χ4v) is 3.75. The number of halogens is 1. The summed E-state index contributed by atoms with van der Waals surface area (Å²) < 4.78 is 13.3. The fraction of sp³-hybridized carbons (Fsp3) is 0.476. The van der Waals surface area contributed by atoms with E-state index in [9.17, 15) is 9.50 Å². The quantitative estimate of drug-likeness (QED) is 0.798. The monoisotopic (exact) mass is 327 g/mol. The molecule has 2 nitrogen and oxygen atoms in total. The number of hydrogen-bond acceptors (Lipinski definition) is 2. The maximum Gasteiger partial charge on any atom is 0.123 e. The highest BCUT2D eigenvalue weighted by Gasteiger charge is 2.22. The van der Waals surface area contributed by atoms with E-state index in [-0.39, 0.29) is 18.3 Å². The molecule has 0 radical (unpaired) electrons. The Hall–Kier alpha value is -1.74. The lowest BCUT2D eigenvalue weighted by Crippen LogP contribution is -2.11. The molecule has 2 aromatic rings. The van der Waals surface area contributed by atoms with E-state index in [4.69, 9.17) is 4.98 Å². The minimum absolute atomic E-state index is 0.0435. The summed E-state index contributed by atoms with van der Waals surface area (Å²) >= 11 is 0. The zero-order valence-electron chi connectivity index (χ0n) is 14.6. The summed E-state index contributed by atoms with van der Waals surface area (Å²) in [7, 11) is 0. The van der Waals surface area contributed by atoms with Crippen molar-refractivity contribution in [2.75, 3.05) is 0 Å². The first-order chi connectivity index (χ1) is 11.6. The van der Waals surface area contributed by atoms with E-state index in [1.165, 1.54) is 44.2 Å². The minimum Gasteiger partial charge on any atom is -0.392 e. The summed E-state index contributed by atoms with van der Waals surface area (Å²) in [6, 6.07) is 8.66. The normalized spacial score (nSPS) is 15.9. The van der Waals surface area contributed by atoms with Crippen LogP contribution in [0.2, 0.25) is 0 Å². The molecule has 1 aromatic heterocycles. The summed E-state index contributed by atoms with van der Waals surface area (Å²) in [5.41, 5.74) is 4.92. The Morgan fingerprint density at radius 2 is 1.79 bits per heavy atom. The molecule has 1 aliphatic rings. The predicted octanol–water partition coefficient (Wildman–Crippen LogP) is 5.55. The van der Waals surface area contributed by atoms with Crippen LogP contribution < -0.4 is 0 Å². The van der Waals surface area contributed by atoms with Gasteiger partial charge in [-0.05, 0) is 48.1 Å². The van der Waals surface area contributed by atoms with Gasteiger partial charge in [-0.15, -0.1) is 0 Å². The molecular formula is C21H26FNO. The van der Waals surface area contributed by atoms with E-state index >= 15 is 0 Å². The number of hydrogen-bond donors (Lipinski definition) is 1. The van der Waals surface area contributed by atoms with Crippen molar-refractivity contribution in [3.05, 3.63) is 53.1 Å². The van der Waals surface area contributed by atoms with Crippen LogP contribution >= 0.6 is 0 Å². The highest BCUT2D eigenvalue weighted by molar-refractivity contribution is 5.69. The molecule has 0 saturated heterocycles. The molecule has 1 aliphatic carbocycles. The maximum atomic E-state index is 13.3. The van der Waals surface area contributed by atoms with Crippen LogP contribution in [0.1, 0.15) is 74.7 Å². The van der Waals surface area contributed by atoms with Crippen LogP contribution in [-0.2, 0) is 6.61 Å². The van der Waals surface area contributed by atoms with Gasteiger partial charge in [0, 0.05) is 22.9 Å². The number of nitrogens with zero attached hydrogens (tertiary/aromatic N) is 1. The van der Waals surface area contributed by atoms with Crippen LogP contribution in [0.15, 0.2) is 30.3 Å². The van der Waals surface area contributed by atoms with Crippen molar-refractivity contribution in [3.8, 4) is 11.1 Å². The van der Waals surface area contributed by atoms with Crippen LogP contribution in [0.4, 0.5) is 4.39 Å². The molecule has 3 heteroatoms. The van der Waals surface area contributed by atoms with Crippen molar-refractivity contribution in [3.63, 3.8) is 0 Å². The minimum atomic E-state index is -0.241. The first-order valence-electron chi connectivity index (χ1n) is 9.00. The highest BCUT2D eigenvalue weighted by atomic mass is 19.1. The van der Waals surface area contributed by atoms with Crippen molar-refractivity contribution in [1.29, 1.82) is 0 Å². The Labute approximate surface area is 143 Å². The van der Waals surface area contributed by atoms with Crippen molar-refractivity contribution in [2.45, 2.75) is 64.4 Å². The second-order valence-corrected chi connectivity index (χ2v) is 7.11. The molecule has 0 atom stereocenters. The van der Waals surface area contributed by atoms with Gasteiger partial charge in [-0.3, -0.25) is 4.98 Å². The van der Waals surface area contributed by atoms with Gasteiger partial charge in [-0.2, -0.15) is 0 Å². The van der Waals surface area contributed by atoms with E-state index in [1.54, 1.807) is 12.1 Å². The summed E-state index contributed by atoms with van der Waals surface area (Å²) in [5.74, 6) is 0.507. The molecule has 0 bridgehead atoms. The zero-order valence-corrected chi connectivity index (χ0v) is 14.6. The lowest BCUT2D eigenvalue weighted by molar-refractivity contribution is 0.279. The third-order valence-corrected chi connectivity index (χ3v) is 5.06. The average molecular weight is 327 g/mol. The first kappa shape index (κ1) is 17.1. The standard InChI is InChI=1S/C21H26FNO/c1-14(2)21-19(13-24)18(15-8-10-17(22)11-9-15)12-20(23-21)16-6-4-3-5-7-16/h8-12,14,16,24H,3-7,13H2,1-2H3. The highest BCUT2D eigenvalue weighted by Crippen LogP contribution is 2.37. The largest absolute Gasteiger partial charge is 0.392 e. The molecule has 1 aromatic carbocycles. The third-order valence-electron chi connectivity index (χ3n) is 5.06. The zero-order chi connectivity index (χ0) is 17.1. The van der Waals surface area contributed by atoms with Gasteiger partial charge in [0.05, 0.1) is 6.61 Å². The number of aliphatic hydroxyl groups excluding tert-OH is 1. The molecule has 1 saturated carbocycles. The second-order valence-electron chi connectivity index (χ2n) is 7.11. The second kappa shape index (κ2) is 7.43. The van der Waals surface area contributed by atoms with E-state index < -0.39 is 0 Å². The van der Waals surface area contributed by atoms with Crippen LogP contribution in [0.3, 0.4) is 0 Å². The summed E-state index contributed by atoms with van der Waals surface area (Å²) in [5, 5.41) is 9.95. The Bertz CT molecular complexity index is 688. The molecule has 1 N–H and O–H groups in total. The van der Waals surface area contributed by atoms with E-state index in [0.717, 1.165) is 28.1 Å². The number of pyridine rings is 1. The number of aromatic nitrogens is 1. The van der Waals surface area contributed by atoms with E-state index in [2.05, 4.69) is 19.9 Å². The maximum absolute atomic E-state index is 13.3. The smallest absolute Gasteiger partial charge is 0.123 e. The summed E-state index contributed by atoms with van der Waals surface area (Å²) in [6.07, 6.45) is 6.21. The molecule has 128 valence electrons. The molecule has 0 unspecified atom stereocenters. The van der Waals surface area contributed by atoms with Crippen LogP contribution in [0.5, 0.6) is 0 Å². The van der Waals surface area contributed by atoms with Crippen molar-refractivity contribution in [2.24, 2.45) is 0 Å². The Morgan fingerprint density at radius 1 is 1.12 bits per heavy atom. The van der Waals surface area contributed by atoms with Crippen LogP contribution in [0, 0.1) is 5.82 Å². The van der Waals surface area contributed by atoms with Gasteiger partial charge in [0.25, 0.3) is 0 Å². The van der Waals surface area contributed by atoms with Crippen molar-refractivity contribution in [1.82, 2.24) is 4.98 Å². The van der Waals surface area contributed by atoms with Gasteiger partial charge in [0.15, 0.2) is 0 Å². The Morgan fingerprint density at radius 3 is 2.38 bits per heavy atom. The molecule has 1 fully saturated rings. The van der Waals surface area contributed by atoms with Gasteiger partial charge < -0.3 is 5.11 Å². The summed E-state index contributed by atoms with van der Waals surface area (Å²) in [4.78, 5) is 4.94. The topological polar surface area (TPSA) is 33.1 Å². The molecular weight excluding hydrogens is 301 g/mol. The lowest BCUT2D eigenvalue weighted by atomic mass is 9.84. The molecule has 0 spiro atoms. The molecule has 0 aliphatic heterocycles. The third kappa shape index (κ3) is 3.51. The molecule has 3 rings (SSSR count). The summed E-state index contributed by atoms with van der Waals surface area (Å²) in [6.45, 7) is 4.18. The van der Waals surface area contributed by atoms with Gasteiger partial charge in [0.1, 0.15) is 5.82 Å². The first-order valence-corrected chi connectivity index (χ1v) is 9.00. The molecule has 1 heterocycles. The number of aliphatic hydroxyl groups is 1. The van der Waals surface area contributed by atoms with Crippen LogP contribution in [-0.4, -0.2) is 10.1 Å². The van der Waals surface area contributed by atoms with Gasteiger partial charge in [-0.25, -0.2) is 4.39 Å². The van der Waals surface area contributed by atoms with Gasteiger partial charge >= 0.3 is 0 Å². The molecule has 24 heavy (non-hydrogen) atoms. The van der Waals surface area contributed by atoms with Crippen molar-refractivity contribution >= 4 is 0 Å². The van der Waals surface area contributed by atoms with Gasteiger partial charge in [-0.1, -0.05) is 45.2 Å². The Kier molecular flexibility index (Phi) is 5.30. The number of benzene rings is 1. The van der Waals surface area contributed by atoms with Gasteiger partial charge in [0.2, 0.25) is 0 Å².